The fraction of sp³-hybridized carbons (Fsp3) is 0.100. The zero-order valence-corrected chi connectivity index (χ0v) is 14.4. The van der Waals surface area contributed by atoms with Gasteiger partial charge in [0, 0.05) is 24.0 Å². The number of amides is 1. The van der Waals surface area contributed by atoms with Gasteiger partial charge in [-0.2, -0.15) is 0 Å². The summed E-state index contributed by atoms with van der Waals surface area (Å²) in [4.78, 5) is 30.9. The summed E-state index contributed by atoms with van der Waals surface area (Å²) >= 11 is 0. The van der Waals surface area contributed by atoms with Crippen LogP contribution in [0.2, 0.25) is 0 Å². The molecule has 7 nitrogen and oxygen atoms in total. The van der Waals surface area contributed by atoms with Crippen LogP contribution in [0, 0.1) is 6.92 Å². The SMILES string of the molecule is Cc1cc(N2C(=O)C(=O)/C(=C(/O)c3ccccc3)C2c2cccnc2)no1. The molecule has 1 amide bonds. The second-order valence-electron chi connectivity index (χ2n) is 6.12. The van der Waals surface area contributed by atoms with Crippen molar-refractivity contribution in [3.8, 4) is 0 Å². The molecule has 2 aromatic heterocycles. The number of anilines is 1. The molecule has 1 saturated heterocycles. The summed E-state index contributed by atoms with van der Waals surface area (Å²) in [7, 11) is 0. The maximum Gasteiger partial charge on any atom is 0.301 e. The van der Waals surface area contributed by atoms with Crippen molar-refractivity contribution in [3.05, 3.63) is 83.4 Å². The van der Waals surface area contributed by atoms with Crippen LogP contribution in [0.15, 0.2) is 71.0 Å². The summed E-state index contributed by atoms with van der Waals surface area (Å²) in [5.74, 6) is -1.11. The van der Waals surface area contributed by atoms with Gasteiger partial charge < -0.3 is 9.63 Å². The van der Waals surface area contributed by atoms with Gasteiger partial charge in [0.1, 0.15) is 11.5 Å². The Hall–Kier alpha value is -3.74. The summed E-state index contributed by atoms with van der Waals surface area (Å²) in [5.41, 5.74) is 1.01. The van der Waals surface area contributed by atoms with E-state index in [1.54, 1.807) is 67.8 Å². The predicted molar refractivity (Wildman–Crippen MR) is 96.7 cm³/mol. The van der Waals surface area contributed by atoms with Gasteiger partial charge in [0.05, 0.1) is 11.6 Å². The van der Waals surface area contributed by atoms with E-state index < -0.39 is 17.7 Å². The minimum absolute atomic E-state index is 0.0140. The summed E-state index contributed by atoms with van der Waals surface area (Å²) in [6.45, 7) is 1.69. The zero-order chi connectivity index (χ0) is 19.0. The molecule has 0 aliphatic carbocycles. The number of aromatic nitrogens is 2. The minimum atomic E-state index is -0.858. The van der Waals surface area contributed by atoms with Gasteiger partial charge in [-0.1, -0.05) is 41.6 Å². The predicted octanol–water partition coefficient (Wildman–Crippen LogP) is 3.00. The largest absolute Gasteiger partial charge is 0.507 e. The zero-order valence-electron chi connectivity index (χ0n) is 14.4. The molecule has 1 fully saturated rings. The van der Waals surface area contributed by atoms with Crippen LogP contribution in [0.4, 0.5) is 5.82 Å². The third-order valence-electron chi connectivity index (χ3n) is 4.35. The van der Waals surface area contributed by atoms with Crippen LogP contribution < -0.4 is 4.90 Å². The highest BCUT2D eigenvalue weighted by Gasteiger charge is 2.48. The highest BCUT2D eigenvalue weighted by Crippen LogP contribution is 2.41. The van der Waals surface area contributed by atoms with Gasteiger partial charge >= 0.3 is 5.91 Å². The van der Waals surface area contributed by atoms with Crippen molar-refractivity contribution in [2.24, 2.45) is 0 Å². The van der Waals surface area contributed by atoms with E-state index in [0.29, 0.717) is 16.9 Å². The first kappa shape index (κ1) is 16.7. The van der Waals surface area contributed by atoms with Crippen LogP contribution in [-0.2, 0) is 9.59 Å². The molecule has 1 N–H and O–H groups in total. The maximum absolute atomic E-state index is 12.8. The number of ketones is 1. The van der Waals surface area contributed by atoms with E-state index in [0.717, 1.165) is 0 Å². The summed E-state index contributed by atoms with van der Waals surface area (Å²) in [5, 5.41) is 14.7. The lowest BCUT2D eigenvalue weighted by Gasteiger charge is -2.22. The van der Waals surface area contributed by atoms with Crippen LogP contribution in [0.5, 0.6) is 0 Å². The van der Waals surface area contributed by atoms with E-state index in [4.69, 9.17) is 4.52 Å². The number of nitrogens with zero attached hydrogens (tertiary/aromatic N) is 3. The summed E-state index contributed by atoms with van der Waals surface area (Å²) in [6.07, 6.45) is 3.14. The molecular weight excluding hydrogens is 346 g/mol. The summed E-state index contributed by atoms with van der Waals surface area (Å²) in [6, 6.07) is 12.8. The second-order valence-corrected chi connectivity index (χ2v) is 6.12. The second kappa shape index (κ2) is 6.53. The highest BCUT2D eigenvalue weighted by molar-refractivity contribution is 6.51. The van der Waals surface area contributed by atoms with Crippen molar-refractivity contribution < 1.29 is 19.2 Å². The molecule has 1 aliphatic heterocycles. The van der Waals surface area contributed by atoms with Gasteiger partial charge in [-0.05, 0) is 18.6 Å². The Labute approximate surface area is 154 Å². The van der Waals surface area contributed by atoms with Crippen LogP contribution >= 0.6 is 0 Å². The molecule has 0 spiro atoms. The van der Waals surface area contributed by atoms with Gasteiger partial charge in [-0.15, -0.1) is 0 Å². The third kappa shape index (κ3) is 2.79. The van der Waals surface area contributed by atoms with Gasteiger partial charge in [-0.25, -0.2) is 0 Å². The lowest BCUT2D eigenvalue weighted by Crippen LogP contribution is -2.29. The average Bonchev–Trinajstić information content (AvgIpc) is 3.24. The fourth-order valence-electron chi connectivity index (χ4n) is 3.14. The molecule has 3 aromatic rings. The number of hydrogen-bond donors (Lipinski definition) is 1. The summed E-state index contributed by atoms with van der Waals surface area (Å²) < 4.78 is 5.08. The minimum Gasteiger partial charge on any atom is -0.507 e. The van der Waals surface area contributed by atoms with Crippen molar-refractivity contribution in [2.75, 3.05) is 4.90 Å². The molecule has 27 heavy (non-hydrogen) atoms. The Morgan fingerprint density at radius 1 is 1.15 bits per heavy atom. The van der Waals surface area contributed by atoms with E-state index >= 15 is 0 Å². The van der Waals surface area contributed by atoms with Crippen molar-refractivity contribution in [1.82, 2.24) is 10.1 Å². The normalized spacial score (nSPS) is 18.9. The average molecular weight is 361 g/mol. The number of pyridine rings is 1. The van der Waals surface area contributed by atoms with Gasteiger partial charge in [0.25, 0.3) is 5.78 Å². The number of rotatable bonds is 3. The molecule has 3 heterocycles. The van der Waals surface area contributed by atoms with Crippen molar-refractivity contribution >= 4 is 23.3 Å². The molecule has 1 aromatic carbocycles. The smallest absolute Gasteiger partial charge is 0.301 e. The van der Waals surface area contributed by atoms with E-state index in [-0.39, 0.29) is 17.2 Å². The first-order valence-corrected chi connectivity index (χ1v) is 8.27. The highest BCUT2D eigenvalue weighted by atomic mass is 16.5. The van der Waals surface area contributed by atoms with Crippen molar-refractivity contribution in [3.63, 3.8) is 0 Å². The Morgan fingerprint density at radius 2 is 1.93 bits per heavy atom. The van der Waals surface area contributed by atoms with E-state index in [9.17, 15) is 14.7 Å². The topological polar surface area (TPSA) is 96.5 Å². The number of aryl methyl sites for hydroxylation is 1. The third-order valence-corrected chi connectivity index (χ3v) is 4.35. The van der Waals surface area contributed by atoms with Crippen molar-refractivity contribution in [2.45, 2.75) is 13.0 Å². The lowest BCUT2D eigenvalue weighted by atomic mass is 9.96. The van der Waals surface area contributed by atoms with Crippen LogP contribution in [-0.4, -0.2) is 26.9 Å². The van der Waals surface area contributed by atoms with Gasteiger partial charge in [-0.3, -0.25) is 19.5 Å². The molecule has 1 atom stereocenters. The molecule has 1 aliphatic rings. The molecule has 0 saturated carbocycles. The molecule has 4 rings (SSSR count). The first-order valence-electron chi connectivity index (χ1n) is 8.27. The Kier molecular flexibility index (Phi) is 4.04. The van der Waals surface area contributed by atoms with Gasteiger partial charge in [0.15, 0.2) is 5.82 Å². The standard InChI is InChI=1S/C20H15N3O4/c1-12-10-15(22-27-12)23-17(14-8-5-9-21-11-14)16(19(25)20(23)26)18(24)13-6-3-2-4-7-13/h2-11,17,24H,1H3/b18-16+. The van der Waals surface area contributed by atoms with Crippen LogP contribution in [0.25, 0.3) is 5.76 Å². The number of aliphatic hydroxyl groups is 1. The Morgan fingerprint density at radius 3 is 2.56 bits per heavy atom. The van der Waals surface area contributed by atoms with Crippen LogP contribution in [0.3, 0.4) is 0 Å². The molecule has 7 heteroatoms. The monoisotopic (exact) mass is 361 g/mol. The number of hydrogen-bond acceptors (Lipinski definition) is 6. The van der Waals surface area contributed by atoms with Gasteiger partial charge in [0.2, 0.25) is 0 Å². The number of aliphatic hydroxyl groups excluding tert-OH is 1. The fourth-order valence-corrected chi connectivity index (χ4v) is 3.14. The molecule has 134 valence electrons. The number of Topliss-reactive ketones (excluding diaryl/α,β-unsaturated/α-hetero) is 1. The number of benzene rings is 1. The maximum atomic E-state index is 12.8. The van der Waals surface area contributed by atoms with E-state index in [1.807, 2.05) is 0 Å². The molecular formula is C20H15N3O4. The van der Waals surface area contributed by atoms with Crippen molar-refractivity contribution in [1.29, 1.82) is 0 Å². The number of carbonyl (C=O) groups excluding carboxylic acids is 2. The van der Waals surface area contributed by atoms with Crippen LogP contribution in [0.1, 0.15) is 22.9 Å². The molecule has 0 radical (unpaired) electrons. The first-order chi connectivity index (χ1) is 13.1. The van der Waals surface area contributed by atoms with E-state index in [1.165, 1.54) is 4.90 Å². The Bertz CT molecular complexity index is 1040. The molecule has 1 unspecified atom stereocenters. The quantitative estimate of drug-likeness (QED) is 0.438. The molecule has 0 bridgehead atoms. The lowest BCUT2D eigenvalue weighted by molar-refractivity contribution is -0.132. The number of carbonyl (C=O) groups is 2. The van der Waals surface area contributed by atoms with E-state index in [2.05, 4.69) is 10.1 Å². The Balaban J connectivity index is 1.94.